The van der Waals surface area contributed by atoms with Gasteiger partial charge in [-0.3, -0.25) is 0 Å². The first-order valence-corrected chi connectivity index (χ1v) is 5.17. The number of anilines is 1. The Hall–Kier alpha value is -1.43. The number of aromatic nitrogens is 3. The summed E-state index contributed by atoms with van der Waals surface area (Å²) in [7, 11) is 0. The van der Waals surface area contributed by atoms with Crippen LogP contribution in [-0.2, 0) is 6.54 Å². The second-order valence-corrected chi connectivity index (χ2v) is 3.83. The predicted octanol–water partition coefficient (Wildman–Crippen LogP) is 2.15. The van der Waals surface area contributed by atoms with Gasteiger partial charge < -0.3 is 9.84 Å². The van der Waals surface area contributed by atoms with E-state index in [0.717, 1.165) is 15.9 Å². The van der Waals surface area contributed by atoms with Crippen LogP contribution in [0.2, 0.25) is 0 Å². The van der Waals surface area contributed by atoms with E-state index in [1.165, 1.54) is 6.26 Å². The number of hydrogen-bond acceptors (Lipinski definition) is 5. The zero-order valence-corrected chi connectivity index (χ0v) is 9.65. The lowest BCUT2D eigenvalue weighted by atomic mass is 10.4. The molecule has 5 nitrogen and oxygen atoms in total. The van der Waals surface area contributed by atoms with E-state index in [9.17, 15) is 0 Å². The van der Waals surface area contributed by atoms with Crippen LogP contribution in [-0.4, -0.2) is 15.1 Å². The monoisotopic (exact) mass is 268 g/mol. The number of aryl methyl sites for hydroxylation is 1. The molecule has 0 radical (unpaired) electrons. The van der Waals surface area contributed by atoms with E-state index < -0.39 is 0 Å². The fourth-order valence-electron chi connectivity index (χ4n) is 1.04. The smallest absolute Gasteiger partial charge is 0.223 e. The molecule has 0 atom stereocenters. The van der Waals surface area contributed by atoms with E-state index in [1.807, 2.05) is 6.92 Å². The molecular formula is C9H9BrN4O. The Morgan fingerprint density at radius 1 is 1.53 bits per heavy atom. The van der Waals surface area contributed by atoms with E-state index in [0.29, 0.717) is 12.5 Å². The van der Waals surface area contributed by atoms with Gasteiger partial charge in [0.25, 0.3) is 0 Å². The van der Waals surface area contributed by atoms with E-state index in [2.05, 4.69) is 36.4 Å². The summed E-state index contributed by atoms with van der Waals surface area (Å²) in [6, 6.07) is 1.79. The van der Waals surface area contributed by atoms with Crippen LogP contribution in [0, 0.1) is 6.92 Å². The topological polar surface area (TPSA) is 63.8 Å². The highest BCUT2D eigenvalue weighted by molar-refractivity contribution is 9.10. The van der Waals surface area contributed by atoms with Gasteiger partial charge in [0.2, 0.25) is 5.95 Å². The zero-order valence-electron chi connectivity index (χ0n) is 8.07. The van der Waals surface area contributed by atoms with E-state index in [1.54, 1.807) is 12.3 Å². The molecule has 2 aromatic rings. The maximum absolute atomic E-state index is 4.71. The van der Waals surface area contributed by atoms with E-state index in [-0.39, 0.29) is 0 Å². The van der Waals surface area contributed by atoms with Crippen molar-refractivity contribution in [2.45, 2.75) is 13.5 Å². The van der Waals surface area contributed by atoms with Crippen LogP contribution < -0.4 is 5.32 Å². The lowest BCUT2D eigenvalue weighted by molar-refractivity contribution is 0.412. The molecule has 0 aromatic carbocycles. The molecule has 0 spiro atoms. The summed E-state index contributed by atoms with van der Waals surface area (Å²) in [6.45, 7) is 2.46. The Morgan fingerprint density at radius 2 is 2.40 bits per heavy atom. The van der Waals surface area contributed by atoms with Crippen LogP contribution in [0.5, 0.6) is 0 Å². The highest BCUT2D eigenvalue weighted by Crippen LogP contribution is 2.13. The van der Waals surface area contributed by atoms with Crippen molar-refractivity contribution in [3.8, 4) is 0 Å². The molecular weight excluding hydrogens is 260 g/mol. The van der Waals surface area contributed by atoms with Crippen molar-refractivity contribution in [2.75, 3.05) is 5.32 Å². The number of halogens is 1. The van der Waals surface area contributed by atoms with E-state index in [4.69, 9.17) is 4.52 Å². The molecule has 78 valence electrons. The minimum Gasteiger partial charge on any atom is -0.364 e. The van der Waals surface area contributed by atoms with Crippen LogP contribution in [0.25, 0.3) is 0 Å². The lowest BCUT2D eigenvalue weighted by Crippen LogP contribution is -2.04. The zero-order chi connectivity index (χ0) is 10.7. The molecule has 0 aliphatic carbocycles. The Kier molecular flexibility index (Phi) is 2.96. The molecule has 0 aliphatic rings. The fourth-order valence-corrected chi connectivity index (χ4v) is 1.23. The third kappa shape index (κ3) is 2.53. The number of nitrogens with one attached hydrogen (secondary N) is 1. The van der Waals surface area contributed by atoms with Gasteiger partial charge in [-0.2, -0.15) is 0 Å². The predicted molar refractivity (Wildman–Crippen MR) is 58.3 cm³/mol. The first kappa shape index (κ1) is 10.1. The summed E-state index contributed by atoms with van der Waals surface area (Å²) in [4.78, 5) is 8.36. The van der Waals surface area contributed by atoms with Gasteiger partial charge in [0.05, 0.1) is 16.7 Å². The highest BCUT2D eigenvalue weighted by atomic mass is 79.9. The lowest BCUT2D eigenvalue weighted by Gasteiger charge is -2.03. The summed E-state index contributed by atoms with van der Waals surface area (Å²) < 4.78 is 5.61. The third-order valence-electron chi connectivity index (χ3n) is 1.84. The number of rotatable bonds is 3. The average molecular weight is 269 g/mol. The molecule has 2 heterocycles. The van der Waals surface area contributed by atoms with Gasteiger partial charge in [0.1, 0.15) is 12.0 Å². The molecule has 0 saturated carbocycles. The van der Waals surface area contributed by atoms with Gasteiger partial charge in [-0.05, 0) is 22.9 Å². The molecule has 0 amide bonds. The largest absolute Gasteiger partial charge is 0.364 e. The Bertz CT molecular complexity index is 443. The Morgan fingerprint density at radius 3 is 3.07 bits per heavy atom. The second kappa shape index (κ2) is 4.39. The quantitative estimate of drug-likeness (QED) is 0.924. The number of nitrogens with zero attached hydrogens (tertiary/aromatic N) is 3. The van der Waals surface area contributed by atoms with Gasteiger partial charge >= 0.3 is 0 Å². The molecule has 0 unspecified atom stereocenters. The summed E-state index contributed by atoms with van der Waals surface area (Å²) in [5.74, 6) is 0.582. The van der Waals surface area contributed by atoms with Crippen LogP contribution >= 0.6 is 15.9 Å². The molecule has 15 heavy (non-hydrogen) atoms. The summed E-state index contributed by atoms with van der Waals surface area (Å²) >= 11 is 3.34. The van der Waals surface area contributed by atoms with Crippen LogP contribution in [0.15, 0.2) is 27.5 Å². The highest BCUT2D eigenvalue weighted by Gasteiger charge is 2.01. The summed E-state index contributed by atoms with van der Waals surface area (Å²) in [5, 5.41) is 6.82. The van der Waals surface area contributed by atoms with Gasteiger partial charge in [-0.25, -0.2) is 9.97 Å². The molecule has 0 bridgehead atoms. The third-order valence-corrected chi connectivity index (χ3v) is 2.62. The number of hydrogen-bond donors (Lipinski definition) is 1. The molecule has 1 N–H and O–H groups in total. The van der Waals surface area contributed by atoms with Crippen molar-refractivity contribution >= 4 is 21.9 Å². The minimum absolute atomic E-state index is 0.553. The van der Waals surface area contributed by atoms with Crippen molar-refractivity contribution in [2.24, 2.45) is 0 Å². The van der Waals surface area contributed by atoms with E-state index >= 15 is 0 Å². The summed E-state index contributed by atoms with van der Waals surface area (Å²) in [6.07, 6.45) is 3.25. The Balaban J connectivity index is 2.02. The van der Waals surface area contributed by atoms with Crippen LogP contribution in [0.1, 0.15) is 11.4 Å². The van der Waals surface area contributed by atoms with Gasteiger partial charge in [-0.1, -0.05) is 5.16 Å². The molecule has 6 heteroatoms. The van der Waals surface area contributed by atoms with Crippen molar-refractivity contribution < 1.29 is 4.52 Å². The fraction of sp³-hybridized carbons (Fsp3) is 0.222. The second-order valence-electron chi connectivity index (χ2n) is 2.97. The molecule has 0 fully saturated rings. The SMILES string of the molecule is Cc1nc(NCc2ccon2)ncc1Br. The first-order valence-electron chi connectivity index (χ1n) is 4.38. The molecule has 0 aliphatic heterocycles. The van der Waals surface area contributed by atoms with Crippen molar-refractivity contribution in [3.63, 3.8) is 0 Å². The molecule has 2 rings (SSSR count). The molecule has 0 saturated heterocycles. The van der Waals surface area contributed by atoms with Gasteiger partial charge in [-0.15, -0.1) is 0 Å². The maximum atomic E-state index is 4.71. The van der Waals surface area contributed by atoms with Gasteiger partial charge in [0, 0.05) is 12.3 Å². The summed E-state index contributed by atoms with van der Waals surface area (Å²) in [5.41, 5.74) is 1.71. The van der Waals surface area contributed by atoms with Gasteiger partial charge in [0.15, 0.2) is 0 Å². The van der Waals surface area contributed by atoms with Crippen molar-refractivity contribution in [3.05, 3.63) is 34.4 Å². The maximum Gasteiger partial charge on any atom is 0.223 e. The minimum atomic E-state index is 0.553. The standard InChI is InChI=1S/C9H9BrN4O/c1-6-8(10)5-12-9(13-6)11-4-7-2-3-15-14-7/h2-3,5H,4H2,1H3,(H,11,12,13). The normalized spacial score (nSPS) is 10.3. The van der Waals surface area contributed by atoms with Crippen LogP contribution in [0.4, 0.5) is 5.95 Å². The van der Waals surface area contributed by atoms with Crippen LogP contribution in [0.3, 0.4) is 0 Å². The van der Waals surface area contributed by atoms with Crippen molar-refractivity contribution in [1.82, 2.24) is 15.1 Å². The first-order chi connectivity index (χ1) is 7.25. The Labute approximate surface area is 95.0 Å². The van der Waals surface area contributed by atoms with Crippen molar-refractivity contribution in [1.29, 1.82) is 0 Å². The molecule has 2 aromatic heterocycles. The average Bonchev–Trinajstić information content (AvgIpc) is 2.73.